The summed E-state index contributed by atoms with van der Waals surface area (Å²) in [7, 11) is 3.33. The average Bonchev–Trinajstić information content (AvgIpc) is 2.09. The van der Waals surface area contributed by atoms with Crippen LogP contribution in [0.15, 0.2) is 18.2 Å². The number of hydrogen-bond donors (Lipinski definition) is 0. The SMILES string of the molecule is CN(C)C(C#N)c1ccc(F)cc1F. The summed E-state index contributed by atoms with van der Waals surface area (Å²) in [5.74, 6) is -1.33. The Kier molecular flexibility index (Phi) is 3.15. The van der Waals surface area contributed by atoms with E-state index in [9.17, 15) is 8.78 Å². The van der Waals surface area contributed by atoms with Gasteiger partial charge < -0.3 is 0 Å². The molecule has 0 amide bonds. The van der Waals surface area contributed by atoms with Crippen molar-refractivity contribution in [2.75, 3.05) is 14.1 Å². The lowest BCUT2D eigenvalue weighted by atomic mass is 10.1. The van der Waals surface area contributed by atoms with Gasteiger partial charge in [0.15, 0.2) is 0 Å². The minimum Gasteiger partial charge on any atom is -0.290 e. The fourth-order valence-electron chi connectivity index (χ4n) is 1.19. The highest BCUT2D eigenvalue weighted by atomic mass is 19.1. The Morgan fingerprint density at radius 1 is 1.36 bits per heavy atom. The number of nitriles is 1. The molecule has 1 aromatic rings. The van der Waals surface area contributed by atoms with E-state index in [0.717, 1.165) is 12.1 Å². The van der Waals surface area contributed by atoms with E-state index in [4.69, 9.17) is 5.26 Å². The van der Waals surface area contributed by atoms with Gasteiger partial charge in [-0.2, -0.15) is 5.26 Å². The zero-order valence-corrected chi connectivity index (χ0v) is 7.96. The van der Waals surface area contributed by atoms with Crippen LogP contribution in [0.5, 0.6) is 0 Å². The first-order valence-corrected chi connectivity index (χ1v) is 4.07. The van der Waals surface area contributed by atoms with Crippen LogP contribution in [0.25, 0.3) is 0 Å². The second-order valence-electron chi connectivity index (χ2n) is 3.16. The Morgan fingerprint density at radius 2 is 2.00 bits per heavy atom. The van der Waals surface area contributed by atoms with Gasteiger partial charge >= 0.3 is 0 Å². The third-order valence-corrected chi connectivity index (χ3v) is 1.90. The summed E-state index contributed by atoms with van der Waals surface area (Å²) in [6.07, 6.45) is 0. The lowest BCUT2D eigenvalue weighted by Gasteiger charge is -2.17. The number of benzene rings is 1. The Hall–Kier alpha value is -1.47. The van der Waals surface area contributed by atoms with Gasteiger partial charge in [0.25, 0.3) is 0 Å². The molecule has 0 spiro atoms. The molecule has 4 heteroatoms. The van der Waals surface area contributed by atoms with E-state index >= 15 is 0 Å². The largest absolute Gasteiger partial charge is 0.290 e. The van der Waals surface area contributed by atoms with Crippen LogP contribution < -0.4 is 0 Å². The third-order valence-electron chi connectivity index (χ3n) is 1.90. The van der Waals surface area contributed by atoms with Crippen LogP contribution >= 0.6 is 0 Å². The molecule has 0 heterocycles. The van der Waals surface area contributed by atoms with Gasteiger partial charge in [-0.3, -0.25) is 4.90 Å². The molecule has 1 unspecified atom stereocenters. The minimum atomic E-state index is -0.690. The molecule has 0 saturated carbocycles. The van der Waals surface area contributed by atoms with Gasteiger partial charge in [0.1, 0.15) is 17.7 Å². The lowest BCUT2D eigenvalue weighted by molar-refractivity contribution is 0.348. The fourth-order valence-corrected chi connectivity index (χ4v) is 1.19. The maximum Gasteiger partial charge on any atom is 0.131 e. The van der Waals surface area contributed by atoms with E-state index < -0.39 is 17.7 Å². The van der Waals surface area contributed by atoms with E-state index in [1.165, 1.54) is 6.07 Å². The topological polar surface area (TPSA) is 27.0 Å². The van der Waals surface area contributed by atoms with Crippen LogP contribution in [0.1, 0.15) is 11.6 Å². The van der Waals surface area contributed by atoms with Crippen molar-refractivity contribution < 1.29 is 8.78 Å². The van der Waals surface area contributed by atoms with E-state index in [0.29, 0.717) is 0 Å². The summed E-state index contributed by atoms with van der Waals surface area (Å²) in [6.45, 7) is 0. The molecule has 14 heavy (non-hydrogen) atoms. The summed E-state index contributed by atoms with van der Waals surface area (Å²) in [5.41, 5.74) is 0.193. The van der Waals surface area contributed by atoms with Crippen molar-refractivity contribution in [1.82, 2.24) is 4.90 Å². The Labute approximate surface area is 81.4 Å². The molecule has 1 aromatic carbocycles. The van der Waals surface area contributed by atoms with Crippen molar-refractivity contribution >= 4 is 0 Å². The van der Waals surface area contributed by atoms with Gasteiger partial charge in [0.05, 0.1) is 6.07 Å². The zero-order valence-electron chi connectivity index (χ0n) is 7.96. The third kappa shape index (κ3) is 2.06. The van der Waals surface area contributed by atoms with Crippen LogP contribution in [-0.2, 0) is 0 Å². The zero-order chi connectivity index (χ0) is 10.7. The Balaban J connectivity index is 3.13. The van der Waals surface area contributed by atoms with E-state index in [1.807, 2.05) is 6.07 Å². The second kappa shape index (κ2) is 4.16. The first-order chi connectivity index (χ1) is 6.56. The lowest BCUT2D eigenvalue weighted by Crippen LogP contribution is -2.19. The van der Waals surface area contributed by atoms with E-state index in [-0.39, 0.29) is 5.56 Å². The van der Waals surface area contributed by atoms with Crippen LogP contribution in [0.2, 0.25) is 0 Å². The molecule has 2 nitrogen and oxygen atoms in total. The molecule has 0 saturated heterocycles. The van der Waals surface area contributed by atoms with Gasteiger partial charge in [0.2, 0.25) is 0 Å². The van der Waals surface area contributed by atoms with Crippen LogP contribution in [0.3, 0.4) is 0 Å². The normalized spacial score (nSPS) is 12.6. The molecule has 0 aliphatic rings. The first kappa shape index (κ1) is 10.6. The molecule has 1 rings (SSSR count). The van der Waals surface area contributed by atoms with Crippen LogP contribution in [0, 0.1) is 23.0 Å². The highest BCUT2D eigenvalue weighted by molar-refractivity contribution is 5.26. The molecule has 0 aliphatic carbocycles. The second-order valence-corrected chi connectivity index (χ2v) is 3.16. The molecular weight excluding hydrogens is 186 g/mol. The number of halogens is 2. The van der Waals surface area contributed by atoms with Gasteiger partial charge in [0, 0.05) is 11.6 Å². The van der Waals surface area contributed by atoms with Crippen molar-refractivity contribution in [3.05, 3.63) is 35.4 Å². The molecule has 0 bridgehead atoms. The molecule has 1 atom stereocenters. The van der Waals surface area contributed by atoms with Crippen molar-refractivity contribution in [3.8, 4) is 6.07 Å². The number of hydrogen-bond acceptors (Lipinski definition) is 2. The molecule has 0 aliphatic heterocycles. The van der Waals surface area contributed by atoms with Crippen LogP contribution in [-0.4, -0.2) is 19.0 Å². The van der Waals surface area contributed by atoms with E-state index in [1.54, 1.807) is 19.0 Å². The Morgan fingerprint density at radius 3 is 2.43 bits per heavy atom. The molecule has 74 valence electrons. The van der Waals surface area contributed by atoms with Crippen molar-refractivity contribution in [3.63, 3.8) is 0 Å². The van der Waals surface area contributed by atoms with Gasteiger partial charge in [-0.05, 0) is 20.2 Å². The summed E-state index contributed by atoms with van der Waals surface area (Å²) in [4.78, 5) is 1.57. The van der Waals surface area contributed by atoms with Crippen molar-refractivity contribution in [2.24, 2.45) is 0 Å². The predicted molar refractivity (Wildman–Crippen MR) is 48.4 cm³/mol. The van der Waals surface area contributed by atoms with Gasteiger partial charge in [-0.1, -0.05) is 6.07 Å². The van der Waals surface area contributed by atoms with Crippen molar-refractivity contribution in [2.45, 2.75) is 6.04 Å². The molecular formula is C10H10F2N2. The summed E-state index contributed by atoms with van der Waals surface area (Å²) >= 11 is 0. The van der Waals surface area contributed by atoms with Gasteiger partial charge in [-0.15, -0.1) is 0 Å². The maximum atomic E-state index is 13.2. The smallest absolute Gasteiger partial charge is 0.131 e. The first-order valence-electron chi connectivity index (χ1n) is 4.07. The molecule has 0 aromatic heterocycles. The summed E-state index contributed by atoms with van der Waals surface area (Å²) < 4.78 is 25.8. The molecule has 0 fully saturated rings. The minimum absolute atomic E-state index is 0.193. The molecule has 0 radical (unpaired) electrons. The number of nitrogens with zero attached hydrogens (tertiary/aromatic N) is 2. The highest BCUT2D eigenvalue weighted by Crippen LogP contribution is 2.20. The molecule has 0 N–H and O–H groups in total. The predicted octanol–water partition coefficient (Wildman–Crippen LogP) is 2.09. The summed E-state index contributed by atoms with van der Waals surface area (Å²) in [6, 6.07) is 4.47. The maximum absolute atomic E-state index is 13.2. The van der Waals surface area contributed by atoms with Crippen molar-refractivity contribution in [1.29, 1.82) is 5.26 Å². The number of rotatable bonds is 2. The summed E-state index contributed by atoms with van der Waals surface area (Å²) in [5, 5.41) is 8.79. The monoisotopic (exact) mass is 196 g/mol. The van der Waals surface area contributed by atoms with E-state index in [2.05, 4.69) is 0 Å². The highest BCUT2D eigenvalue weighted by Gasteiger charge is 2.17. The standard InChI is InChI=1S/C10H10F2N2/c1-14(2)10(6-13)8-4-3-7(11)5-9(8)12/h3-5,10H,1-2H3. The quantitative estimate of drug-likeness (QED) is 0.724. The average molecular weight is 196 g/mol. The van der Waals surface area contributed by atoms with Gasteiger partial charge in [-0.25, -0.2) is 8.78 Å². The van der Waals surface area contributed by atoms with Crippen LogP contribution in [0.4, 0.5) is 8.78 Å². The fraction of sp³-hybridized carbons (Fsp3) is 0.300. The Bertz CT molecular complexity index is 369.